The fourth-order valence-electron chi connectivity index (χ4n) is 2.99. The number of nitrogens with one attached hydrogen (secondary N) is 1. The molecule has 1 N–H and O–H groups in total. The van der Waals surface area contributed by atoms with Crippen molar-refractivity contribution in [3.8, 4) is 5.75 Å². The molecule has 3 aromatic rings. The number of nitro benzene ring substituents is 1. The summed E-state index contributed by atoms with van der Waals surface area (Å²) < 4.78 is 11.0. The molecule has 0 atom stereocenters. The number of anilines is 2. The van der Waals surface area contributed by atoms with E-state index in [1.165, 1.54) is 18.2 Å². The first-order valence-corrected chi connectivity index (χ1v) is 9.63. The largest absolute Gasteiger partial charge is 0.479 e. The molecule has 0 unspecified atom stereocenters. The monoisotopic (exact) mass is 409 g/mol. The van der Waals surface area contributed by atoms with Gasteiger partial charge in [0.2, 0.25) is 0 Å². The maximum Gasteiger partial charge on any atom is 0.310 e. The molecule has 156 valence electrons. The van der Waals surface area contributed by atoms with Gasteiger partial charge < -0.3 is 19.4 Å². The first kappa shape index (κ1) is 20.9. The predicted molar refractivity (Wildman–Crippen MR) is 114 cm³/mol. The van der Waals surface area contributed by atoms with E-state index in [-0.39, 0.29) is 29.7 Å². The molecule has 1 aromatic heterocycles. The summed E-state index contributed by atoms with van der Waals surface area (Å²) in [5.41, 5.74) is 1.62. The summed E-state index contributed by atoms with van der Waals surface area (Å²) in [5, 5.41) is 13.8. The van der Waals surface area contributed by atoms with Gasteiger partial charge in [0.25, 0.3) is 5.91 Å². The smallest absolute Gasteiger partial charge is 0.310 e. The van der Waals surface area contributed by atoms with Crippen molar-refractivity contribution in [1.82, 2.24) is 0 Å². The van der Waals surface area contributed by atoms with Crippen LogP contribution < -0.4 is 15.0 Å². The number of nitrogens with zero attached hydrogens (tertiary/aromatic N) is 2. The summed E-state index contributed by atoms with van der Waals surface area (Å²) >= 11 is 0. The molecule has 0 aliphatic heterocycles. The van der Waals surface area contributed by atoms with Gasteiger partial charge in [-0.3, -0.25) is 14.9 Å². The molecule has 1 amide bonds. The number of benzene rings is 2. The van der Waals surface area contributed by atoms with Crippen LogP contribution >= 0.6 is 0 Å². The maximum absolute atomic E-state index is 12.4. The number of nitro groups is 1. The minimum Gasteiger partial charge on any atom is -0.479 e. The van der Waals surface area contributed by atoms with Crippen LogP contribution in [0.25, 0.3) is 0 Å². The Balaban J connectivity index is 1.61. The van der Waals surface area contributed by atoms with Crippen LogP contribution in [0.4, 0.5) is 17.1 Å². The van der Waals surface area contributed by atoms with E-state index in [1.54, 1.807) is 18.2 Å². The summed E-state index contributed by atoms with van der Waals surface area (Å²) in [4.78, 5) is 25.2. The molecule has 0 saturated heterocycles. The van der Waals surface area contributed by atoms with Gasteiger partial charge in [-0.15, -0.1) is 0 Å². The van der Waals surface area contributed by atoms with Gasteiger partial charge in [0.15, 0.2) is 11.5 Å². The molecule has 30 heavy (non-hydrogen) atoms. The highest BCUT2D eigenvalue weighted by molar-refractivity contribution is 6.02. The molecule has 1 heterocycles. The molecule has 0 fully saturated rings. The number of rotatable bonds is 9. The average molecular weight is 409 g/mol. The normalized spacial score (nSPS) is 10.5. The molecule has 3 rings (SSSR count). The van der Waals surface area contributed by atoms with Crippen molar-refractivity contribution in [1.29, 1.82) is 0 Å². The molecule has 2 aromatic carbocycles. The number of hydrogen-bond acceptors (Lipinski definition) is 6. The highest BCUT2D eigenvalue weighted by Gasteiger charge is 2.16. The van der Waals surface area contributed by atoms with Gasteiger partial charge in [-0.05, 0) is 56.3 Å². The lowest BCUT2D eigenvalue weighted by Gasteiger charge is -2.21. The fourth-order valence-corrected chi connectivity index (χ4v) is 2.99. The zero-order valence-electron chi connectivity index (χ0n) is 16.8. The molecule has 0 aliphatic carbocycles. The van der Waals surface area contributed by atoms with Crippen molar-refractivity contribution < 1.29 is 18.9 Å². The van der Waals surface area contributed by atoms with E-state index >= 15 is 0 Å². The summed E-state index contributed by atoms with van der Waals surface area (Å²) in [6.07, 6.45) is 0. The maximum atomic E-state index is 12.4. The lowest BCUT2D eigenvalue weighted by atomic mass is 10.2. The molecule has 8 heteroatoms. The Bertz CT molecular complexity index is 1010. The van der Waals surface area contributed by atoms with Crippen LogP contribution in [0.2, 0.25) is 0 Å². The Morgan fingerprint density at radius 3 is 2.43 bits per heavy atom. The predicted octanol–water partition coefficient (Wildman–Crippen LogP) is 4.87. The second kappa shape index (κ2) is 9.60. The lowest BCUT2D eigenvalue weighted by Crippen LogP contribution is -2.21. The number of para-hydroxylation sites is 2. The van der Waals surface area contributed by atoms with Crippen LogP contribution in [-0.4, -0.2) is 23.9 Å². The molecule has 0 spiro atoms. The summed E-state index contributed by atoms with van der Waals surface area (Å²) in [6, 6.07) is 16.8. The van der Waals surface area contributed by atoms with Gasteiger partial charge in [0, 0.05) is 30.5 Å². The Hall–Kier alpha value is -3.81. The molecular formula is C22H23N3O5. The van der Waals surface area contributed by atoms with E-state index in [0.29, 0.717) is 11.4 Å². The van der Waals surface area contributed by atoms with E-state index in [9.17, 15) is 14.9 Å². The zero-order chi connectivity index (χ0) is 21.5. The minimum absolute atomic E-state index is 0.0311. The van der Waals surface area contributed by atoms with Crippen LogP contribution in [0.1, 0.15) is 30.2 Å². The van der Waals surface area contributed by atoms with E-state index < -0.39 is 4.92 Å². The Morgan fingerprint density at radius 1 is 1.07 bits per heavy atom. The Labute approximate surface area is 174 Å². The fraction of sp³-hybridized carbons (Fsp3) is 0.227. The van der Waals surface area contributed by atoms with E-state index in [1.807, 2.05) is 24.3 Å². The highest BCUT2D eigenvalue weighted by atomic mass is 16.6. The van der Waals surface area contributed by atoms with E-state index in [0.717, 1.165) is 18.8 Å². The van der Waals surface area contributed by atoms with Crippen molar-refractivity contribution in [2.45, 2.75) is 20.5 Å². The van der Waals surface area contributed by atoms with Crippen LogP contribution in [0, 0.1) is 10.1 Å². The van der Waals surface area contributed by atoms with Gasteiger partial charge in [-0.2, -0.15) is 0 Å². The molecule has 0 bridgehead atoms. The van der Waals surface area contributed by atoms with Crippen molar-refractivity contribution >= 4 is 23.0 Å². The number of carbonyl (C=O) groups excluding carboxylic acids is 1. The number of carbonyl (C=O) groups is 1. The number of ether oxygens (including phenoxy) is 1. The van der Waals surface area contributed by atoms with Gasteiger partial charge >= 0.3 is 5.69 Å². The summed E-state index contributed by atoms with van der Waals surface area (Å²) in [7, 11) is 0. The average Bonchev–Trinajstić information content (AvgIpc) is 3.24. The van der Waals surface area contributed by atoms with Gasteiger partial charge in [-0.1, -0.05) is 12.1 Å². The molecular weight excluding hydrogens is 386 g/mol. The van der Waals surface area contributed by atoms with Crippen LogP contribution in [0.15, 0.2) is 65.1 Å². The molecule has 0 aliphatic rings. The molecule has 0 saturated carbocycles. The summed E-state index contributed by atoms with van der Waals surface area (Å²) in [6.45, 7) is 5.97. The van der Waals surface area contributed by atoms with Crippen molar-refractivity contribution in [2.75, 3.05) is 23.3 Å². The topological polar surface area (TPSA) is 97.9 Å². The Kier molecular flexibility index (Phi) is 6.69. The lowest BCUT2D eigenvalue weighted by molar-refractivity contribution is -0.386. The number of hydrogen-bond donors (Lipinski definition) is 1. The van der Waals surface area contributed by atoms with Crippen LogP contribution in [-0.2, 0) is 6.61 Å². The second-order valence-electron chi connectivity index (χ2n) is 6.45. The standard InChI is InChI=1S/C22H23N3O5/c1-3-24(4-2)17-11-9-16(10-12-17)23-22(26)21-14-13-18(30-21)15-29-20-8-6-5-7-19(20)25(27)28/h5-14H,3-4,15H2,1-2H3,(H,23,26). The second-order valence-corrected chi connectivity index (χ2v) is 6.45. The third-order valence-corrected chi connectivity index (χ3v) is 4.57. The SMILES string of the molecule is CCN(CC)c1ccc(NC(=O)c2ccc(COc3ccccc3[N+](=O)[O-])o2)cc1. The van der Waals surface area contributed by atoms with E-state index in [4.69, 9.17) is 9.15 Å². The zero-order valence-corrected chi connectivity index (χ0v) is 16.8. The highest BCUT2D eigenvalue weighted by Crippen LogP contribution is 2.27. The Morgan fingerprint density at radius 2 is 1.77 bits per heavy atom. The van der Waals surface area contributed by atoms with Crippen LogP contribution in [0.3, 0.4) is 0 Å². The quantitative estimate of drug-likeness (QED) is 0.400. The third-order valence-electron chi connectivity index (χ3n) is 4.57. The minimum atomic E-state index is -0.512. The van der Waals surface area contributed by atoms with Gasteiger partial charge in [0.1, 0.15) is 12.4 Å². The third kappa shape index (κ3) is 4.96. The first-order valence-electron chi connectivity index (χ1n) is 9.63. The van der Waals surface area contributed by atoms with Crippen molar-refractivity contribution in [3.63, 3.8) is 0 Å². The number of amides is 1. The molecule has 0 radical (unpaired) electrons. The van der Waals surface area contributed by atoms with Crippen LogP contribution in [0.5, 0.6) is 5.75 Å². The van der Waals surface area contributed by atoms with Gasteiger partial charge in [0.05, 0.1) is 4.92 Å². The van der Waals surface area contributed by atoms with E-state index in [2.05, 4.69) is 24.1 Å². The molecule has 8 nitrogen and oxygen atoms in total. The number of furan rings is 1. The first-order chi connectivity index (χ1) is 14.5. The van der Waals surface area contributed by atoms with Crippen molar-refractivity contribution in [3.05, 3.63) is 82.3 Å². The summed E-state index contributed by atoms with van der Waals surface area (Å²) in [5.74, 6) is 0.264. The van der Waals surface area contributed by atoms with Gasteiger partial charge in [-0.25, -0.2) is 0 Å². The van der Waals surface area contributed by atoms with Crippen molar-refractivity contribution in [2.24, 2.45) is 0 Å².